The molecule has 0 saturated heterocycles. The summed E-state index contributed by atoms with van der Waals surface area (Å²) >= 11 is 0. The van der Waals surface area contributed by atoms with E-state index >= 15 is 0 Å². The fraction of sp³-hybridized carbons (Fsp3) is 0.278. The molecule has 0 saturated carbocycles. The van der Waals surface area contributed by atoms with Gasteiger partial charge in [-0.25, -0.2) is 8.42 Å². The van der Waals surface area contributed by atoms with Crippen LogP contribution in [-0.4, -0.2) is 39.3 Å². The molecule has 0 atom stereocenters. The molecule has 2 aromatic rings. The van der Waals surface area contributed by atoms with Crippen LogP contribution in [0.15, 0.2) is 47.4 Å². The summed E-state index contributed by atoms with van der Waals surface area (Å²) in [5.74, 6) is 0.213. The third kappa shape index (κ3) is 4.37. The Bertz CT molecular complexity index is 878. The Kier molecular flexibility index (Phi) is 5.81. The van der Waals surface area contributed by atoms with Gasteiger partial charge in [-0.15, -0.1) is 0 Å². The van der Waals surface area contributed by atoms with Crippen molar-refractivity contribution in [3.63, 3.8) is 0 Å². The molecule has 25 heavy (non-hydrogen) atoms. The van der Waals surface area contributed by atoms with Crippen molar-refractivity contribution in [3.8, 4) is 5.75 Å². The van der Waals surface area contributed by atoms with Crippen molar-refractivity contribution < 1.29 is 17.9 Å². The van der Waals surface area contributed by atoms with E-state index < -0.39 is 15.9 Å². The van der Waals surface area contributed by atoms with Gasteiger partial charge in [0.15, 0.2) is 0 Å². The van der Waals surface area contributed by atoms with Gasteiger partial charge >= 0.3 is 0 Å². The van der Waals surface area contributed by atoms with Crippen LogP contribution in [0.25, 0.3) is 0 Å². The maximum Gasteiger partial charge on any atom is 0.243 e. The number of hydrogen-bond donors (Lipinski definition) is 1. The Morgan fingerprint density at radius 3 is 2.40 bits per heavy atom. The number of nitrogens with one attached hydrogen (secondary N) is 1. The monoisotopic (exact) mass is 362 g/mol. The molecule has 0 aromatic heterocycles. The van der Waals surface area contributed by atoms with Gasteiger partial charge in [0.1, 0.15) is 5.75 Å². The minimum atomic E-state index is -3.77. The summed E-state index contributed by atoms with van der Waals surface area (Å²) in [5, 5.41) is 2.73. The summed E-state index contributed by atoms with van der Waals surface area (Å²) in [6.45, 7) is 3.36. The highest BCUT2D eigenvalue weighted by Crippen LogP contribution is 2.23. The van der Waals surface area contributed by atoms with Gasteiger partial charge in [-0.2, -0.15) is 4.31 Å². The first-order chi connectivity index (χ1) is 11.8. The standard InChI is InChI=1S/C18H22N2O4S/c1-13-7-5-6-8-16(13)19-18(21)12-20(3)25(22,23)15-9-10-17(24-4)14(2)11-15/h5-11H,12H2,1-4H3,(H,19,21). The summed E-state index contributed by atoms with van der Waals surface area (Å²) < 4.78 is 31.5. The maximum atomic E-state index is 12.6. The van der Waals surface area contributed by atoms with Crippen molar-refractivity contribution in [2.45, 2.75) is 18.7 Å². The number of aryl methyl sites for hydroxylation is 2. The molecular formula is C18H22N2O4S. The maximum absolute atomic E-state index is 12.6. The van der Waals surface area contributed by atoms with Crippen LogP contribution in [0, 0.1) is 13.8 Å². The van der Waals surface area contributed by atoms with Crippen molar-refractivity contribution in [2.24, 2.45) is 0 Å². The summed E-state index contributed by atoms with van der Waals surface area (Å²) in [6, 6.07) is 11.9. The van der Waals surface area contributed by atoms with Crippen LogP contribution >= 0.6 is 0 Å². The van der Waals surface area contributed by atoms with E-state index in [1.807, 2.05) is 25.1 Å². The quantitative estimate of drug-likeness (QED) is 0.857. The van der Waals surface area contributed by atoms with Crippen LogP contribution in [0.3, 0.4) is 0 Å². The molecule has 0 aliphatic heterocycles. The lowest BCUT2D eigenvalue weighted by atomic mass is 10.2. The molecule has 2 rings (SSSR count). The molecule has 6 nitrogen and oxygen atoms in total. The molecule has 1 amide bonds. The number of rotatable bonds is 6. The van der Waals surface area contributed by atoms with Gasteiger partial charge in [-0.05, 0) is 49.2 Å². The molecule has 0 spiro atoms. The highest BCUT2D eigenvalue weighted by atomic mass is 32.2. The largest absolute Gasteiger partial charge is 0.496 e. The van der Waals surface area contributed by atoms with E-state index in [0.29, 0.717) is 17.0 Å². The van der Waals surface area contributed by atoms with Crippen LogP contribution in [0.1, 0.15) is 11.1 Å². The number of anilines is 1. The molecule has 0 aliphatic rings. The number of carbonyl (C=O) groups excluding carboxylic acids is 1. The molecule has 0 heterocycles. The molecule has 0 aliphatic carbocycles. The van der Waals surface area contributed by atoms with E-state index in [0.717, 1.165) is 9.87 Å². The normalized spacial score (nSPS) is 11.4. The van der Waals surface area contributed by atoms with Crippen molar-refractivity contribution in [3.05, 3.63) is 53.6 Å². The minimum Gasteiger partial charge on any atom is -0.496 e. The number of para-hydroxylation sites is 1. The molecule has 0 fully saturated rings. The highest BCUT2D eigenvalue weighted by Gasteiger charge is 2.23. The average Bonchev–Trinajstić information content (AvgIpc) is 2.56. The zero-order valence-corrected chi connectivity index (χ0v) is 15.6. The number of methoxy groups -OCH3 is 1. The number of sulfonamides is 1. The summed E-state index contributed by atoms with van der Waals surface area (Å²) in [4.78, 5) is 12.3. The Morgan fingerprint density at radius 1 is 1.12 bits per heavy atom. The zero-order valence-electron chi connectivity index (χ0n) is 14.7. The average molecular weight is 362 g/mol. The van der Waals surface area contributed by atoms with Gasteiger partial charge in [0.2, 0.25) is 15.9 Å². The third-order valence-corrected chi connectivity index (χ3v) is 5.66. The smallest absolute Gasteiger partial charge is 0.243 e. The fourth-order valence-corrected chi connectivity index (χ4v) is 3.59. The van der Waals surface area contributed by atoms with Crippen LogP contribution in [-0.2, 0) is 14.8 Å². The van der Waals surface area contributed by atoms with Crippen molar-refractivity contribution in [1.29, 1.82) is 0 Å². The van der Waals surface area contributed by atoms with Crippen LogP contribution in [0.2, 0.25) is 0 Å². The van der Waals surface area contributed by atoms with Crippen molar-refractivity contribution in [2.75, 3.05) is 26.0 Å². The second kappa shape index (κ2) is 7.67. The van der Waals surface area contributed by atoms with E-state index in [1.165, 1.54) is 26.3 Å². The van der Waals surface area contributed by atoms with Crippen LogP contribution < -0.4 is 10.1 Å². The van der Waals surface area contributed by atoms with Gasteiger partial charge in [-0.3, -0.25) is 4.79 Å². The van der Waals surface area contributed by atoms with E-state index in [1.54, 1.807) is 19.1 Å². The first-order valence-electron chi connectivity index (χ1n) is 7.72. The van der Waals surface area contributed by atoms with Gasteiger partial charge in [0, 0.05) is 12.7 Å². The van der Waals surface area contributed by atoms with E-state index in [-0.39, 0.29) is 11.4 Å². The molecule has 7 heteroatoms. The van der Waals surface area contributed by atoms with E-state index in [2.05, 4.69) is 5.32 Å². The second-order valence-corrected chi connectivity index (χ2v) is 7.80. The SMILES string of the molecule is COc1ccc(S(=O)(=O)N(C)CC(=O)Nc2ccccc2C)cc1C. The van der Waals surface area contributed by atoms with Gasteiger partial charge in [-0.1, -0.05) is 18.2 Å². The number of benzene rings is 2. The lowest BCUT2D eigenvalue weighted by Crippen LogP contribution is -2.35. The van der Waals surface area contributed by atoms with Gasteiger partial charge in [0.05, 0.1) is 18.6 Å². The first kappa shape index (κ1) is 19.0. The predicted octanol–water partition coefficient (Wildman–Crippen LogP) is 2.57. The number of ether oxygens (including phenoxy) is 1. The Balaban J connectivity index is 2.13. The minimum absolute atomic E-state index is 0.122. The van der Waals surface area contributed by atoms with Crippen LogP contribution in [0.4, 0.5) is 5.69 Å². The van der Waals surface area contributed by atoms with Gasteiger partial charge < -0.3 is 10.1 Å². The van der Waals surface area contributed by atoms with Gasteiger partial charge in [0.25, 0.3) is 0 Å². The first-order valence-corrected chi connectivity index (χ1v) is 9.16. The lowest BCUT2D eigenvalue weighted by Gasteiger charge is -2.18. The molecule has 134 valence electrons. The Labute approximate surface area is 148 Å². The summed E-state index contributed by atoms with van der Waals surface area (Å²) in [7, 11) is -0.859. The molecule has 0 radical (unpaired) electrons. The number of hydrogen-bond acceptors (Lipinski definition) is 4. The fourth-order valence-electron chi connectivity index (χ4n) is 2.38. The summed E-state index contributed by atoms with van der Waals surface area (Å²) in [6.07, 6.45) is 0. The van der Waals surface area contributed by atoms with Crippen LogP contribution in [0.5, 0.6) is 5.75 Å². The number of carbonyl (C=O) groups is 1. The number of likely N-dealkylation sites (N-methyl/N-ethyl adjacent to an activating group) is 1. The third-order valence-electron chi connectivity index (χ3n) is 3.86. The Hall–Kier alpha value is -2.38. The molecular weight excluding hydrogens is 340 g/mol. The highest BCUT2D eigenvalue weighted by molar-refractivity contribution is 7.89. The molecule has 1 N–H and O–H groups in total. The summed E-state index contributed by atoms with van der Waals surface area (Å²) in [5.41, 5.74) is 2.28. The Morgan fingerprint density at radius 2 is 1.80 bits per heavy atom. The molecule has 0 unspecified atom stereocenters. The van der Waals surface area contributed by atoms with E-state index in [4.69, 9.17) is 4.74 Å². The van der Waals surface area contributed by atoms with Crippen molar-refractivity contribution >= 4 is 21.6 Å². The van der Waals surface area contributed by atoms with Crippen molar-refractivity contribution in [1.82, 2.24) is 4.31 Å². The predicted molar refractivity (Wildman–Crippen MR) is 97.4 cm³/mol. The second-order valence-electron chi connectivity index (χ2n) is 5.76. The van der Waals surface area contributed by atoms with E-state index in [9.17, 15) is 13.2 Å². The number of nitrogens with zero attached hydrogens (tertiary/aromatic N) is 1. The topological polar surface area (TPSA) is 75.7 Å². The molecule has 2 aromatic carbocycles. The zero-order chi connectivity index (χ0) is 18.6. The molecule has 0 bridgehead atoms. The lowest BCUT2D eigenvalue weighted by molar-refractivity contribution is -0.116. The number of amides is 1.